The normalized spacial score (nSPS) is 18.1. The van der Waals surface area contributed by atoms with Gasteiger partial charge in [-0.3, -0.25) is 4.98 Å². The average Bonchev–Trinajstić information content (AvgIpc) is 2.93. The van der Waals surface area contributed by atoms with Gasteiger partial charge in [0.25, 0.3) is 0 Å². The van der Waals surface area contributed by atoms with Gasteiger partial charge >= 0.3 is 0 Å². The maximum Gasteiger partial charge on any atom is 0.0414 e. The van der Waals surface area contributed by atoms with Gasteiger partial charge in [0, 0.05) is 23.1 Å². The quantitative estimate of drug-likeness (QED) is 0.749. The molecule has 2 rings (SSSR count). The lowest BCUT2D eigenvalue weighted by Crippen LogP contribution is -2.05. The summed E-state index contributed by atoms with van der Waals surface area (Å²) < 4.78 is 0. The molecule has 0 bridgehead atoms. The lowest BCUT2D eigenvalue weighted by Gasteiger charge is -2.08. The van der Waals surface area contributed by atoms with E-state index in [2.05, 4.69) is 40.0 Å². The summed E-state index contributed by atoms with van der Waals surface area (Å²) >= 11 is 3.73. The zero-order chi connectivity index (χ0) is 9.97. The van der Waals surface area contributed by atoms with Crippen molar-refractivity contribution in [3.8, 4) is 0 Å². The van der Waals surface area contributed by atoms with E-state index in [0.29, 0.717) is 4.83 Å². The molecule has 1 unspecified atom stereocenters. The van der Waals surface area contributed by atoms with Crippen LogP contribution >= 0.6 is 15.9 Å². The van der Waals surface area contributed by atoms with Gasteiger partial charge in [0.1, 0.15) is 0 Å². The third kappa shape index (κ3) is 3.09. The van der Waals surface area contributed by atoms with Crippen LogP contribution in [0.5, 0.6) is 0 Å². The van der Waals surface area contributed by atoms with Crippen molar-refractivity contribution in [2.45, 2.75) is 37.4 Å². The number of hydrogen-bond donors (Lipinski definition) is 0. The van der Waals surface area contributed by atoms with Gasteiger partial charge in [-0.1, -0.05) is 34.8 Å². The fourth-order valence-electron chi connectivity index (χ4n) is 1.64. The SMILES string of the molecule is Cc1ccc(CC(Br)CC2CC2)nc1. The molecule has 1 fully saturated rings. The minimum absolute atomic E-state index is 0.616. The summed E-state index contributed by atoms with van der Waals surface area (Å²) in [5.41, 5.74) is 2.44. The number of rotatable bonds is 4. The van der Waals surface area contributed by atoms with Crippen LogP contribution in [0.1, 0.15) is 30.5 Å². The first-order valence-electron chi connectivity index (χ1n) is 5.29. The molecule has 1 aromatic heterocycles. The smallest absolute Gasteiger partial charge is 0.0414 e. The fourth-order valence-corrected chi connectivity index (χ4v) is 2.51. The van der Waals surface area contributed by atoms with Gasteiger partial charge < -0.3 is 0 Å². The molecular formula is C12H16BrN. The number of alkyl halides is 1. The van der Waals surface area contributed by atoms with Crippen LogP contribution < -0.4 is 0 Å². The summed E-state index contributed by atoms with van der Waals surface area (Å²) in [6.07, 6.45) is 7.20. The number of nitrogens with zero attached hydrogens (tertiary/aromatic N) is 1. The molecule has 1 saturated carbocycles. The van der Waals surface area contributed by atoms with Crippen molar-refractivity contribution in [3.05, 3.63) is 29.6 Å². The summed E-state index contributed by atoms with van der Waals surface area (Å²) in [5.74, 6) is 0.991. The Hall–Kier alpha value is -0.370. The van der Waals surface area contributed by atoms with E-state index >= 15 is 0 Å². The van der Waals surface area contributed by atoms with Crippen molar-refractivity contribution < 1.29 is 0 Å². The Morgan fingerprint density at radius 3 is 2.86 bits per heavy atom. The molecule has 0 saturated heterocycles. The van der Waals surface area contributed by atoms with Crippen LogP contribution in [0.15, 0.2) is 18.3 Å². The number of aromatic nitrogens is 1. The maximum atomic E-state index is 4.42. The van der Waals surface area contributed by atoms with Crippen molar-refractivity contribution >= 4 is 15.9 Å². The highest BCUT2D eigenvalue weighted by Crippen LogP contribution is 2.35. The molecular weight excluding hydrogens is 238 g/mol. The second kappa shape index (κ2) is 4.43. The van der Waals surface area contributed by atoms with Crippen LogP contribution in [0, 0.1) is 12.8 Å². The van der Waals surface area contributed by atoms with Crippen LogP contribution in [0.4, 0.5) is 0 Å². The summed E-state index contributed by atoms with van der Waals surface area (Å²) in [6, 6.07) is 4.27. The highest BCUT2D eigenvalue weighted by Gasteiger charge is 2.24. The molecule has 0 amide bonds. The molecule has 1 atom stereocenters. The van der Waals surface area contributed by atoms with Crippen molar-refractivity contribution in [3.63, 3.8) is 0 Å². The van der Waals surface area contributed by atoms with Gasteiger partial charge in [0.2, 0.25) is 0 Å². The fraction of sp³-hybridized carbons (Fsp3) is 0.583. The first kappa shape index (κ1) is 10.2. The summed E-state index contributed by atoms with van der Waals surface area (Å²) in [6.45, 7) is 2.08. The molecule has 1 aromatic rings. The first-order valence-corrected chi connectivity index (χ1v) is 6.21. The Morgan fingerprint density at radius 2 is 2.29 bits per heavy atom. The molecule has 0 N–H and O–H groups in total. The van der Waals surface area contributed by atoms with Gasteiger partial charge in [-0.15, -0.1) is 0 Å². The van der Waals surface area contributed by atoms with E-state index in [-0.39, 0.29) is 0 Å². The van der Waals surface area contributed by atoms with Crippen LogP contribution in [0.2, 0.25) is 0 Å². The molecule has 1 nitrogen and oxygen atoms in total. The van der Waals surface area contributed by atoms with Crippen LogP contribution in [-0.2, 0) is 6.42 Å². The molecule has 2 heteroatoms. The van der Waals surface area contributed by atoms with Crippen LogP contribution in [0.25, 0.3) is 0 Å². The van der Waals surface area contributed by atoms with Crippen molar-refractivity contribution in [2.75, 3.05) is 0 Å². The molecule has 0 spiro atoms. The lowest BCUT2D eigenvalue weighted by molar-refractivity contribution is 0.683. The minimum Gasteiger partial charge on any atom is -0.261 e. The predicted octanol–water partition coefficient (Wildman–Crippen LogP) is 3.50. The highest BCUT2D eigenvalue weighted by molar-refractivity contribution is 9.09. The Morgan fingerprint density at radius 1 is 1.50 bits per heavy atom. The monoisotopic (exact) mass is 253 g/mol. The number of halogens is 1. The van der Waals surface area contributed by atoms with E-state index in [9.17, 15) is 0 Å². The van der Waals surface area contributed by atoms with Crippen LogP contribution in [0.3, 0.4) is 0 Å². The van der Waals surface area contributed by atoms with E-state index in [1.54, 1.807) is 0 Å². The maximum absolute atomic E-state index is 4.42. The van der Waals surface area contributed by atoms with Gasteiger partial charge in [-0.25, -0.2) is 0 Å². The second-order valence-electron chi connectivity index (χ2n) is 4.31. The van der Waals surface area contributed by atoms with Gasteiger partial charge in [0.05, 0.1) is 0 Å². The van der Waals surface area contributed by atoms with Gasteiger partial charge in [-0.05, 0) is 30.9 Å². The number of hydrogen-bond acceptors (Lipinski definition) is 1. The van der Waals surface area contributed by atoms with E-state index < -0.39 is 0 Å². The van der Waals surface area contributed by atoms with Gasteiger partial charge in [0.15, 0.2) is 0 Å². The zero-order valence-electron chi connectivity index (χ0n) is 8.54. The standard InChI is InChI=1S/C12H16BrN/c1-9-2-5-12(14-8-9)7-11(13)6-10-3-4-10/h2,5,8,10-11H,3-4,6-7H2,1H3. The minimum atomic E-state index is 0.616. The molecule has 0 aromatic carbocycles. The largest absolute Gasteiger partial charge is 0.261 e. The van der Waals surface area contributed by atoms with E-state index in [1.807, 2.05) is 6.20 Å². The first-order chi connectivity index (χ1) is 6.74. The van der Waals surface area contributed by atoms with Crippen molar-refractivity contribution in [1.29, 1.82) is 0 Å². The van der Waals surface area contributed by atoms with E-state index in [1.165, 1.54) is 30.5 Å². The van der Waals surface area contributed by atoms with E-state index in [4.69, 9.17) is 0 Å². The Labute approximate surface area is 94.1 Å². The molecule has 1 heterocycles. The molecule has 0 radical (unpaired) electrons. The van der Waals surface area contributed by atoms with Crippen LogP contribution in [-0.4, -0.2) is 9.81 Å². The third-order valence-corrected chi connectivity index (χ3v) is 3.39. The zero-order valence-corrected chi connectivity index (χ0v) is 10.1. The average molecular weight is 254 g/mol. The molecule has 1 aliphatic rings. The van der Waals surface area contributed by atoms with Gasteiger partial charge in [-0.2, -0.15) is 0 Å². The summed E-state index contributed by atoms with van der Waals surface area (Å²) in [5, 5.41) is 0. The van der Waals surface area contributed by atoms with E-state index in [0.717, 1.165) is 12.3 Å². The molecule has 0 aliphatic heterocycles. The molecule has 1 aliphatic carbocycles. The topological polar surface area (TPSA) is 12.9 Å². The number of aryl methyl sites for hydroxylation is 1. The predicted molar refractivity (Wildman–Crippen MR) is 62.7 cm³/mol. The second-order valence-corrected chi connectivity index (χ2v) is 5.60. The molecule has 76 valence electrons. The molecule has 14 heavy (non-hydrogen) atoms. The number of pyridine rings is 1. The van der Waals surface area contributed by atoms with Crippen molar-refractivity contribution in [1.82, 2.24) is 4.98 Å². The third-order valence-electron chi connectivity index (χ3n) is 2.69. The Balaban J connectivity index is 1.85. The highest BCUT2D eigenvalue weighted by atomic mass is 79.9. The Kier molecular flexibility index (Phi) is 3.22. The lowest BCUT2D eigenvalue weighted by atomic mass is 10.1. The van der Waals surface area contributed by atoms with Crippen molar-refractivity contribution in [2.24, 2.45) is 5.92 Å². The summed E-state index contributed by atoms with van der Waals surface area (Å²) in [7, 11) is 0. The summed E-state index contributed by atoms with van der Waals surface area (Å²) in [4.78, 5) is 5.03. The Bertz CT molecular complexity index is 290.